The van der Waals surface area contributed by atoms with Crippen molar-refractivity contribution >= 4 is 47.4 Å². The maximum Gasteiger partial charge on any atom is 0.199 e. The zero-order valence-electron chi connectivity index (χ0n) is 20.0. The van der Waals surface area contributed by atoms with E-state index in [4.69, 9.17) is 0 Å². The summed E-state index contributed by atoms with van der Waals surface area (Å²) >= 11 is 1.61. The molecule has 0 N–H and O–H groups in total. The maximum absolute atomic E-state index is 12.2. The predicted octanol–water partition coefficient (Wildman–Crippen LogP) is 4.90. The summed E-state index contributed by atoms with van der Waals surface area (Å²) in [6.45, 7) is 10.5. The van der Waals surface area contributed by atoms with Crippen LogP contribution in [-0.2, 0) is 0 Å². The summed E-state index contributed by atoms with van der Waals surface area (Å²) in [5.41, 5.74) is 9.55. The maximum atomic E-state index is 12.2. The smallest absolute Gasteiger partial charge is 0.199 e. The fourth-order valence-corrected chi connectivity index (χ4v) is 8.88. The Morgan fingerprint density at radius 1 is 1.19 bits per heavy atom. The van der Waals surface area contributed by atoms with Crippen molar-refractivity contribution in [3.63, 3.8) is 0 Å². The lowest BCUT2D eigenvalue weighted by Gasteiger charge is -2.38. The van der Waals surface area contributed by atoms with Gasteiger partial charge in [0.05, 0.1) is 4.88 Å². The Kier molecular flexibility index (Phi) is 5.59. The fourth-order valence-electron chi connectivity index (χ4n) is 4.57. The van der Waals surface area contributed by atoms with Gasteiger partial charge in [-0.1, -0.05) is 18.3 Å². The van der Waals surface area contributed by atoms with Crippen molar-refractivity contribution in [2.75, 3.05) is 33.1 Å². The molecule has 164 valence electrons. The SMILES string of the molecule is C=C[Si]1(C)C2=CC(=[N+](C)C)C=CC2=C(c2sc(C(C)=O)cc2C)c2ccc(N(C)C)cc21. The molecule has 0 bridgehead atoms. The van der Waals surface area contributed by atoms with E-state index in [0.29, 0.717) is 0 Å². The Labute approximate surface area is 196 Å². The predicted molar refractivity (Wildman–Crippen MR) is 142 cm³/mol. The summed E-state index contributed by atoms with van der Waals surface area (Å²) in [6.07, 6.45) is 6.82. The third kappa shape index (κ3) is 3.40. The molecule has 1 aromatic carbocycles. The number of rotatable bonds is 4. The number of Topliss-reactive ketones (excluding diaryl/α,β-unsaturated/α-hetero) is 1. The van der Waals surface area contributed by atoms with Gasteiger partial charge in [0.25, 0.3) is 0 Å². The monoisotopic (exact) mass is 459 g/mol. The highest BCUT2D eigenvalue weighted by Gasteiger charge is 2.42. The van der Waals surface area contributed by atoms with E-state index in [1.165, 1.54) is 43.4 Å². The van der Waals surface area contributed by atoms with E-state index < -0.39 is 8.07 Å². The summed E-state index contributed by atoms with van der Waals surface area (Å²) in [4.78, 5) is 16.3. The molecule has 1 atom stereocenters. The highest BCUT2D eigenvalue weighted by molar-refractivity contribution is 7.15. The lowest BCUT2D eigenvalue weighted by Crippen LogP contribution is -2.51. The molecule has 5 heteroatoms. The lowest BCUT2D eigenvalue weighted by molar-refractivity contribution is -0.462. The minimum atomic E-state index is -2.19. The Hall–Kier alpha value is -2.76. The van der Waals surface area contributed by atoms with E-state index in [1.54, 1.807) is 18.3 Å². The fraction of sp³-hybridized carbons (Fsp3) is 0.259. The second-order valence-corrected chi connectivity index (χ2v) is 14.2. The standard InChI is InChI=1S/C27H31N2OSSi/c1-9-32(8)24-15-19(28(4)5)10-12-21(24)26(27-17(2)14-23(31-27)18(3)30)22-13-11-20(29(6)7)16-25(22)32/h9-16H,1H2,2-8H3/q+1. The molecule has 3 nitrogen and oxygen atoms in total. The van der Waals surface area contributed by atoms with Crippen molar-refractivity contribution in [2.24, 2.45) is 0 Å². The van der Waals surface area contributed by atoms with Crippen LogP contribution in [0.15, 0.2) is 65.5 Å². The zero-order valence-corrected chi connectivity index (χ0v) is 21.9. The molecule has 4 rings (SSSR count). The van der Waals surface area contributed by atoms with Gasteiger partial charge in [-0.15, -0.1) is 17.9 Å². The van der Waals surface area contributed by atoms with Gasteiger partial charge in [-0.3, -0.25) is 4.79 Å². The highest BCUT2D eigenvalue weighted by Crippen LogP contribution is 2.45. The number of ketones is 1. The van der Waals surface area contributed by atoms with Crippen LogP contribution >= 0.6 is 11.3 Å². The Morgan fingerprint density at radius 3 is 2.47 bits per heavy atom. The van der Waals surface area contributed by atoms with Crippen LogP contribution < -0.4 is 10.1 Å². The van der Waals surface area contributed by atoms with Gasteiger partial charge in [-0.25, -0.2) is 4.58 Å². The molecule has 2 heterocycles. The molecule has 2 aliphatic rings. The van der Waals surface area contributed by atoms with Crippen molar-refractivity contribution in [3.8, 4) is 0 Å². The summed E-state index contributed by atoms with van der Waals surface area (Å²) in [7, 11) is 6.16. The first kappa shape index (κ1) is 22.4. The molecule has 0 saturated carbocycles. The van der Waals surface area contributed by atoms with E-state index in [9.17, 15) is 4.79 Å². The van der Waals surface area contributed by atoms with Crippen LogP contribution in [0.5, 0.6) is 0 Å². The van der Waals surface area contributed by atoms with Gasteiger partial charge in [0.15, 0.2) is 11.5 Å². The average Bonchev–Trinajstić information content (AvgIpc) is 3.15. The van der Waals surface area contributed by atoms with E-state index in [2.05, 4.69) is 99.8 Å². The number of thiophene rings is 1. The number of carbonyl (C=O) groups is 1. The van der Waals surface area contributed by atoms with E-state index >= 15 is 0 Å². The first-order chi connectivity index (χ1) is 15.1. The van der Waals surface area contributed by atoms with Crippen molar-refractivity contribution in [1.29, 1.82) is 0 Å². The van der Waals surface area contributed by atoms with Gasteiger partial charge < -0.3 is 4.90 Å². The van der Waals surface area contributed by atoms with Gasteiger partial charge in [-0.2, -0.15) is 0 Å². The first-order valence-electron chi connectivity index (χ1n) is 10.8. The van der Waals surface area contributed by atoms with Gasteiger partial charge in [0.1, 0.15) is 22.2 Å². The quantitative estimate of drug-likeness (QED) is 0.369. The number of benzene rings is 1. The van der Waals surface area contributed by atoms with Crippen molar-refractivity contribution in [1.82, 2.24) is 0 Å². The number of aryl methyl sites for hydroxylation is 1. The Bertz CT molecular complexity index is 1280. The molecule has 0 saturated heterocycles. The van der Waals surface area contributed by atoms with Crippen molar-refractivity contribution in [2.45, 2.75) is 20.4 Å². The molecule has 32 heavy (non-hydrogen) atoms. The van der Waals surface area contributed by atoms with Crippen LogP contribution in [-0.4, -0.2) is 52.3 Å². The number of anilines is 1. The molecule has 1 aliphatic heterocycles. The number of nitrogens with zero attached hydrogens (tertiary/aromatic N) is 2. The van der Waals surface area contributed by atoms with E-state index in [-0.39, 0.29) is 5.78 Å². The third-order valence-corrected chi connectivity index (χ3v) is 11.8. The number of hydrogen-bond acceptors (Lipinski definition) is 3. The van der Waals surface area contributed by atoms with Gasteiger partial charge in [-0.05, 0) is 65.2 Å². The number of fused-ring (bicyclic) bond motifs is 2. The Balaban J connectivity index is 2.13. The zero-order chi connectivity index (χ0) is 23.4. The largest absolute Gasteiger partial charge is 0.378 e. The minimum absolute atomic E-state index is 0.123. The number of hydrogen-bond donors (Lipinski definition) is 0. The minimum Gasteiger partial charge on any atom is -0.378 e. The normalized spacial score (nSPS) is 19.3. The third-order valence-electron chi connectivity index (χ3n) is 6.60. The second kappa shape index (κ2) is 7.98. The molecule has 0 fully saturated rings. The van der Waals surface area contributed by atoms with Gasteiger partial charge in [0.2, 0.25) is 0 Å². The molecule has 2 aromatic rings. The average molecular weight is 460 g/mol. The number of carbonyl (C=O) groups excluding carboxylic acids is 1. The lowest BCUT2D eigenvalue weighted by atomic mass is 9.92. The summed E-state index contributed by atoms with van der Waals surface area (Å²) in [5.74, 6) is 0.123. The van der Waals surface area contributed by atoms with Crippen LogP contribution in [0.25, 0.3) is 5.57 Å². The summed E-state index contributed by atoms with van der Waals surface area (Å²) in [6, 6.07) is 8.86. The van der Waals surface area contributed by atoms with Crippen LogP contribution in [0.4, 0.5) is 5.69 Å². The van der Waals surface area contributed by atoms with Crippen LogP contribution in [0.2, 0.25) is 6.55 Å². The van der Waals surface area contributed by atoms with Gasteiger partial charge in [0, 0.05) is 42.4 Å². The van der Waals surface area contributed by atoms with E-state index in [1.807, 2.05) is 6.07 Å². The molecule has 1 unspecified atom stereocenters. The molecule has 0 amide bonds. The summed E-state index contributed by atoms with van der Waals surface area (Å²) < 4.78 is 2.16. The molecule has 0 spiro atoms. The van der Waals surface area contributed by atoms with Crippen molar-refractivity contribution < 1.29 is 9.37 Å². The molecular weight excluding hydrogens is 428 g/mol. The number of allylic oxidation sites excluding steroid dienone is 5. The second-order valence-electron chi connectivity index (χ2n) is 9.21. The van der Waals surface area contributed by atoms with Crippen LogP contribution in [0.1, 0.15) is 32.6 Å². The first-order valence-corrected chi connectivity index (χ1v) is 14.2. The van der Waals surface area contributed by atoms with Crippen LogP contribution in [0, 0.1) is 6.92 Å². The van der Waals surface area contributed by atoms with Crippen LogP contribution in [0.3, 0.4) is 0 Å². The molecule has 1 aromatic heterocycles. The van der Waals surface area contributed by atoms with E-state index in [0.717, 1.165) is 10.4 Å². The molecule has 0 radical (unpaired) electrons. The topological polar surface area (TPSA) is 23.3 Å². The highest BCUT2D eigenvalue weighted by atomic mass is 32.1. The molecule has 1 aliphatic carbocycles. The van der Waals surface area contributed by atoms with Crippen molar-refractivity contribution in [3.05, 3.63) is 86.4 Å². The Morgan fingerprint density at radius 2 is 1.91 bits per heavy atom. The summed E-state index contributed by atoms with van der Waals surface area (Å²) in [5, 5.41) is 2.77. The van der Waals surface area contributed by atoms with Gasteiger partial charge >= 0.3 is 0 Å². The molecular formula is C27H31N2OSSi+.